The van der Waals surface area contributed by atoms with Crippen molar-refractivity contribution >= 4 is 16.9 Å². The zero-order valence-corrected chi connectivity index (χ0v) is 13.0. The molecule has 5 heteroatoms. The fourth-order valence-corrected chi connectivity index (χ4v) is 4.30. The average molecular weight is 298 g/mol. The summed E-state index contributed by atoms with van der Waals surface area (Å²) in [4.78, 5) is 15.1. The van der Waals surface area contributed by atoms with Crippen molar-refractivity contribution in [3.05, 3.63) is 23.8 Å². The number of hydrogen-bond acceptors (Lipinski definition) is 3. The van der Waals surface area contributed by atoms with E-state index in [1.54, 1.807) is 0 Å². The monoisotopic (exact) mass is 298 g/mol. The lowest BCUT2D eigenvalue weighted by Crippen LogP contribution is -2.52. The van der Waals surface area contributed by atoms with Crippen LogP contribution in [0.3, 0.4) is 0 Å². The topological polar surface area (TPSA) is 61.9 Å². The van der Waals surface area contributed by atoms with E-state index in [0.29, 0.717) is 12.0 Å². The van der Waals surface area contributed by atoms with E-state index in [2.05, 4.69) is 27.2 Å². The van der Waals surface area contributed by atoms with Crippen molar-refractivity contribution in [1.29, 1.82) is 0 Å². The van der Waals surface area contributed by atoms with Gasteiger partial charge in [-0.3, -0.25) is 4.79 Å². The van der Waals surface area contributed by atoms with E-state index < -0.39 is 0 Å². The lowest BCUT2D eigenvalue weighted by atomic mass is 9.72. The quantitative estimate of drug-likeness (QED) is 0.880. The molecule has 2 aliphatic rings. The van der Waals surface area contributed by atoms with Crippen LogP contribution in [-0.2, 0) is 0 Å². The minimum Gasteiger partial charge on any atom is -0.335 e. The van der Waals surface area contributed by atoms with E-state index >= 15 is 0 Å². The standard InChI is InChI=1S/C17H22N4O/c1-11-8-9-21(16-5-3-2-4-13(11)16)17(22)12-6-7-14-15(10-12)19-20-18-14/h6-7,10-11,13,16H,2-5,8-9H2,1H3,(H,18,19,20)/t11-,13-,16-/m1/s1. The molecular weight excluding hydrogens is 276 g/mol. The second-order valence-corrected chi connectivity index (χ2v) is 6.81. The number of benzene rings is 1. The molecule has 1 aliphatic heterocycles. The van der Waals surface area contributed by atoms with E-state index in [1.165, 1.54) is 19.3 Å². The molecule has 1 aromatic heterocycles. The molecule has 22 heavy (non-hydrogen) atoms. The molecule has 2 heterocycles. The minimum atomic E-state index is 0.161. The molecular formula is C17H22N4O. The van der Waals surface area contributed by atoms with E-state index in [4.69, 9.17) is 0 Å². The van der Waals surface area contributed by atoms with Crippen molar-refractivity contribution in [2.45, 2.75) is 45.1 Å². The highest BCUT2D eigenvalue weighted by molar-refractivity contribution is 5.97. The summed E-state index contributed by atoms with van der Waals surface area (Å²) in [6.45, 7) is 3.24. The van der Waals surface area contributed by atoms with Crippen LogP contribution >= 0.6 is 0 Å². The van der Waals surface area contributed by atoms with Gasteiger partial charge in [-0.25, -0.2) is 0 Å². The number of piperidine rings is 1. The van der Waals surface area contributed by atoms with Crippen molar-refractivity contribution in [1.82, 2.24) is 20.3 Å². The van der Waals surface area contributed by atoms with Gasteiger partial charge in [-0.15, -0.1) is 0 Å². The first-order valence-electron chi connectivity index (χ1n) is 8.35. The molecule has 1 N–H and O–H groups in total. The molecule has 5 nitrogen and oxygen atoms in total. The number of hydrogen-bond donors (Lipinski definition) is 1. The van der Waals surface area contributed by atoms with Crippen LogP contribution in [0.2, 0.25) is 0 Å². The normalized spacial score (nSPS) is 28.6. The molecule has 0 bridgehead atoms. The average Bonchev–Trinajstić information content (AvgIpc) is 3.02. The van der Waals surface area contributed by atoms with Gasteiger partial charge in [-0.1, -0.05) is 19.8 Å². The number of nitrogens with one attached hydrogen (secondary N) is 1. The summed E-state index contributed by atoms with van der Waals surface area (Å²) >= 11 is 0. The number of nitrogens with zero attached hydrogens (tertiary/aromatic N) is 3. The zero-order valence-electron chi connectivity index (χ0n) is 13.0. The van der Waals surface area contributed by atoms with E-state index in [9.17, 15) is 4.79 Å². The van der Waals surface area contributed by atoms with Crippen molar-refractivity contribution in [2.75, 3.05) is 6.54 Å². The van der Waals surface area contributed by atoms with Gasteiger partial charge in [0.2, 0.25) is 0 Å². The maximum atomic E-state index is 13.0. The molecule has 4 rings (SSSR count). The third kappa shape index (κ3) is 2.19. The van der Waals surface area contributed by atoms with Crippen molar-refractivity contribution in [2.24, 2.45) is 11.8 Å². The number of carbonyl (C=O) groups is 1. The predicted octanol–water partition coefficient (Wildman–Crippen LogP) is 3.00. The number of H-pyrrole nitrogens is 1. The van der Waals surface area contributed by atoms with Crippen molar-refractivity contribution in [3.63, 3.8) is 0 Å². The number of carbonyl (C=O) groups excluding carboxylic acids is 1. The Morgan fingerprint density at radius 3 is 2.91 bits per heavy atom. The third-order valence-electron chi connectivity index (χ3n) is 5.56. The molecule has 1 amide bonds. The summed E-state index contributed by atoms with van der Waals surface area (Å²) in [6, 6.07) is 6.04. The minimum absolute atomic E-state index is 0.161. The van der Waals surface area contributed by atoms with Crippen LogP contribution in [0.1, 0.15) is 49.4 Å². The number of aromatic amines is 1. The van der Waals surface area contributed by atoms with Crippen molar-refractivity contribution < 1.29 is 4.79 Å². The largest absolute Gasteiger partial charge is 0.335 e. The van der Waals surface area contributed by atoms with Crippen molar-refractivity contribution in [3.8, 4) is 0 Å². The van der Waals surface area contributed by atoms with Crippen LogP contribution in [0.25, 0.3) is 11.0 Å². The number of amides is 1. The van der Waals surface area contributed by atoms with Gasteiger partial charge < -0.3 is 4.90 Å². The van der Waals surface area contributed by atoms with E-state index in [1.807, 2.05) is 18.2 Å². The number of likely N-dealkylation sites (tertiary alicyclic amines) is 1. The highest BCUT2D eigenvalue weighted by Crippen LogP contribution is 2.39. The molecule has 2 aromatic rings. The number of fused-ring (bicyclic) bond motifs is 2. The smallest absolute Gasteiger partial charge is 0.254 e. The predicted molar refractivity (Wildman–Crippen MR) is 84.5 cm³/mol. The van der Waals surface area contributed by atoms with Gasteiger partial charge in [0.15, 0.2) is 0 Å². The summed E-state index contributed by atoms with van der Waals surface area (Å²) in [6.07, 6.45) is 6.13. The SMILES string of the molecule is C[C@@H]1CCN(C(=O)c2ccc3n[nH]nc3c2)[C@@H]2CCCC[C@H]12. The highest BCUT2D eigenvalue weighted by Gasteiger charge is 2.39. The summed E-state index contributed by atoms with van der Waals surface area (Å²) in [5, 5.41) is 10.7. The Bertz CT molecular complexity index is 695. The van der Waals surface area contributed by atoms with Gasteiger partial charge in [0.25, 0.3) is 5.91 Å². The Labute approximate surface area is 130 Å². The first kappa shape index (κ1) is 13.7. The lowest BCUT2D eigenvalue weighted by molar-refractivity contribution is 0.0218. The Kier molecular flexibility index (Phi) is 3.36. The summed E-state index contributed by atoms with van der Waals surface area (Å²) < 4.78 is 0. The van der Waals surface area contributed by atoms with Crippen LogP contribution in [0.5, 0.6) is 0 Å². The Balaban J connectivity index is 1.63. The fourth-order valence-electron chi connectivity index (χ4n) is 4.30. The molecule has 2 fully saturated rings. The summed E-state index contributed by atoms with van der Waals surface area (Å²) in [5.41, 5.74) is 2.30. The van der Waals surface area contributed by atoms with Gasteiger partial charge in [0.05, 0.1) is 0 Å². The highest BCUT2D eigenvalue weighted by atomic mass is 16.2. The van der Waals surface area contributed by atoms with Gasteiger partial charge in [0, 0.05) is 18.2 Å². The Morgan fingerprint density at radius 2 is 2.00 bits per heavy atom. The van der Waals surface area contributed by atoms with Crippen LogP contribution in [-0.4, -0.2) is 38.8 Å². The second kappa shape index (κ2) is 5.38. The molecule has 0 spiro atoms. The molecule has 1 aromatic carbocycles. The maximum Gasteiger partial charge on any atom is 0.254 e. The fraction of sp³-hybridized carbons (Fsp3) is 0.588. The van der Waals surface area contributed by atoms with E-state index in [0.717, 1.165) is 41.9 Å². The van der Waals surface area contributed by atoms with Crippen LogP contribution in [0, 0.1) is 11.8 Å². The van der Waals surface area contributed by atoms with Crippen LogP contribution < -0.4 is 0 Å². The molecule has 1 aliphatic carbocycles. The van der Waals surface area contributed by atoms with Gasteiger partial charge in [-0.05, 0) is 49.3 Å². The van der Waals surface area contributed by atoms with Crippen LogP contribution in [0.4, 0.5) is 0 Å². The Morgan fingerprint density at radius 1 is 1.18 bits per heavy atom. The first-order chi connectivity index (χ1) is 10.7. The lowest BCUT2D eigenvalue weighted by Gasteiger charge is -2.47. The maximum absolute atomic E-state index is 13.0. The molecule has 0 radical (unpaired) electrons. The van der Waals surface area contributed by atoms with Crippen LogP contribution in [0.15, 0.2) is 18.2 Å². The number of rotatable bonds is 1. The second-order valence-electron chi connectivity index (χ2n) is 6.81. The molecule has 0 unspecified atom stereocenters. The van der Waals surface area contributed by atoms with Gasteiger partial charge >= 0.3 is 0 Å². The molecule has 116 valence electrons. The van der Waals surface area contributed by atoms with Gasteiger partial charge in [0.1, 0.15) is 11.0 Å². The molecule has 3 atom stereocenters. The zero-order chi connectivity index (χ0) is 15.1. The third-order valence-corrected chi connectivity index (χ3v) is 5.56. The van der Waals surface area contributed by atoms with E-state index in [-0.39, 0.29) is 5.91 Å². The molecule has 1 saturated carbocycles. The van der Waals surface area contributed by atoms with Gasteiger partial charge in [-0.2, -0.15) is 15.4 Å². The first-order valence-corrected chi connectivity index (χ1v) is 8.35. The molecule has 1 saturated heterocycles. The summed E-state index contributed by atoms with van der Waals surface area (Å²) in [7, 11) is 0. The Hall–Kier alpha value is -1.91. The summed E-state index contributed by atoms with van der Waals surface area (Å²) in [5.74, 6) is 1.59. The number of aromatic nitrogens is 3.